The van der Waals surface area contributed by atoms with Gasteiger partial charge in [0.15, 0.2) is 6.20 Å². The normalized spacial score (nSPS) is 11.5. The average molecular weight is 354 g/mol. The van der Waals surface area contributed by atoms with Crippen LogP contribution in [0.4, 0.5) is 0 Å². The Morgan fingerprint density at radius 2 is 1.85 bits per heavy atom. The Morgan fingerprint density at radius 1 is 1.04 bits per heavy atom. The van der Waals surface area contributed by atoms with E-state index in [0.29, 0.717) is 0 Å². The third-order valence-electron chi connectivity index (χ3n) is 5.30. The highest BCUT2D eigenvalue weighted by atomic mass is 16.3. The highest BCUT2D eigenvalue weighted by Crippen LogP contribution is 2.41. The molecule has 0 N–H and O–H groups in total. The number of pyridine rings is 1. The van der Waals surface area contributed by atoms with E-state index in [-0.39, 0.29) is 0 Å². The van der Waals surface area contributed by atoms with Gasteiger partial charge in [0, 0.05) is 47.9 Å². The van der Waals surface area contributed by atoms with Crippen molar-refractivity contribution >= 4 is 21.9 Å². The Bertz CT molecular complexity index is 1310. The SMILES string of the molecule is Cc1c(-c2nccn2C)cc2c(oc3ccccc32)c1-c1cccc[n+]1C. The molecule has 0 aliphatic heterocycles. The first-order valence-electron chi connectivity index (χ1n) is 9.02. The van der Waals surface area contributed by atoms with Crippen molar-refractivity contribution in [1.29, 1.82) is 0 Å². The number of aryl methyl sites for hydroxylation is 2. The van der Waals surface area contributed by atoms with Crippen LogP contribution in [0.15, 0.2) is 71.5 Å². The number of fused-ring (bicyclic) bond motifs is 3. The summed E-state index contributed by atoms with van der Waals surface area (Å²) in [4.78, 5) is 4.60. The van der Waals surface area contributed by atoms with E-state index in [1.165, 1.54) is 0 Å². The van der Waals surface area contributed by atoms with E-state index in [1.807, 2.05) is 37.6 Å². The van der Waals surface area contributed by atoms with E-state index in [1.54, 1.807) is 0 Å². The van der Waals surface area contributed by atoms with Crippen LogP contribution in [0.2, 0.25) is 0 Å². The molecule has 0 aliphatic carbocycles. The minimum Gasteiger partial charge on any atom is -0.455 e. The summed E-state index contributed by atoms with van der Waals surface area (Å²) in [6, 6.07) is 16.7. The van der Waals surface area contributed by atoms with Crippen LogP contribution in [-0.2, 0) is 14.1 Å². The Kier molecular flexibility index (Phi) is 3.41. The molecular formula is C23H20N3O+. The first kappa shape index (κ1) is 15.8. The molecule has 3 aromatic heterocycles. The second kappa shape index (κ2) is 5.81. The predicted octanol–water partition coefficient (Wildman–Crippen LogP) is 4.79. The number of furan rings is 1. The van der Waals surface area contributed by atoms with Gasteiger partial charge in [-0.3, -0.25) is 0 Å². The van der Waals surface area contributed by atoms with E-state index in [4.69, 9.17) is 4.42 Å². The summed E-state index contributed by atoms with van der Waals surface area (Å²) in [5, 5.41) is 2.25. The third kappa shape index (κ3) is 2.30. The lowest BCUT2D eigenvalue weighted by Crippen LogP contribution is -2.30. The number of aromatic nitrogens is 3. The quantitative estimate of drug-likeness (QED) is 0.427. The Balaban J connectivity index is 1.99. The number of hydrogen-bond acceptors (Lipinski definition) is 2. The van der Waals surface area contributed by atoms with Crippen molar-refractivity contribution in [3.05, 3.63) is 72.7 Å². The lowest BCUT2D eigenvalue weighted by atomic mass is 9.95. The minimum absolute atomic E-state index is 0.906. The molecular weight excluding hydrogens is 334 g/mol. The molecule has 0 unspecified atom stereocenters. The van der Waals surface area contributed by atoms with Gasteiger partial charge in [0.2, 0.25) is 5.69 Å². The van der Waals surface area contributed by atoms with Crippen LogP contribution >= 0.6 is 0 Å². The first-order chi connectivity index (χ1) is 13.1. The standard InChI is InChI=1S/C23H20N3O/c1-15-17(23-24-11-13-26(23)3)14-18-16-8-4-5-10-20(16)27-22(18)21(15)19-9-6-7-12-25(19)2/h4-14H,1-3H3/q+1. The van der Waals surface area contributed by atoms with Gasteiger partial charge < -0.3 is 8.98 Å². The molecule has 0 fully saturated rings. The molecule has 0 saturated heterocycles. The highest BCUT2D eigenvalue weighted by Gasteiger charge is 2.24. The summed E-state index contributed by atoms with van der Waals surface area (Å²) >= 11 is 0. The zero-order valence-electron chi connectivity index (χ0n) is 15.6. The average Bonchev–Trinajstić information content (AvgIpc) is 3.25. The number of hydrogen-bond donors (Lipinski definition) is 0. The molecule has 0 bridgehead atoms. The van der Waals surface area contributed by atoms with Crippen LogP contribution in [0.1, 0.15) is 5.56 Å². The molecule has 0 amide bonds. The summed E-state index contributed by atoms with van der Waals surface area (Å²) in [5.41, 5.74) is 6.36. The molecule has 5 rings (SSSR count). The van der Waals surface area contributed by atoms with Gasteiger partial charge in [0.1, 0.15) is 24.0 Å². The number of rotatable bonds is 2. The van der Waals surface area contributed by atoms with Crippen LogP contribution in [0.3, 0.4) is 0 Å². The van der Waals surface area contributed by atoms with E-state index >= 15 is 0 Å². The molecule has 4 heteroatoms. The van der Waals surface area contributed by atoms with Gasteiger partial charge in [-0.2, -0.15) is 0 Å². The van der Waals surface area contributed by atoms with Crippen LogP contribution in [-0.4, -0.2) is 9.55 Å². The van der Waals surface area contributed by atoms with Gasteiger partial charge in [-0.1, -0.05) is 18.2 Å². The Hall–Kier alpha value is -3.40. The smallest absolute Gasteiger partial charge is 0.216 e. The van der Waals surface area contributed by atoms with Gasteiger partial charge in [-0.15, -0.1) is 0 Å². The molecule has 4 nitrogen and oxygen atoms in total. The number of benzene rings is 2. The second-order valence-corrected chi connectivity index (χ2v) is 6.96. The number of para-hydroxylation sites is 1. The molecule has 0 spiro atoms. The molecule has 132 valence electrons. The van der Waals surface area contributed by atoms with Gasteiger partial charge >= 0.3 is 0 Å². The lowest BCUT2D eigenvalue weighted by molar-refractivity contribution is -0.660. The maximum absolute atomic E-state index is 6.34. The van der Waals surface area contributed by atoms with Crippen LogP contribution in [0.5, 0.6) is 0 Å². The van der Waals surface area contributed by atoms with E-state index in [2.05, 4.69) is 64.6 Å². The molecule has 27 heavy (non-hydrogen) atoms. The van der Waals surface area contributed by atoms with Crippen LogP contribution in [0.25, 0.3) is 44.6 Å². The van der Waals surface area contributed by atoms with Gasteiger partial charge in [0.05, 0.1) is 5.56 Å². The van der Waals surface area contributed by atoms with Crippen molar-refractivity contribution < 1.29 is 8.98 Å². The fourth-order valence-electron chi connectivity index (χ4n) is 3.90. The molecule has 2 aromatic carbocycles. The van der Waals surface area contributed by atoms with Crippen LogP contribution in [0, 0.1) is 6.92 Å². The van der Waals surface area contributed by atoms with Crippen molar-refractivity contribution in [2.75, 3.05) is 0 Å². The molecule has 0 saturated carbocycles. The third-order valence-corrected chi connectivity index (χ3v) is 5.30. The lowest BCUT2D eigenvalue weighted by Gasteiger charge is -2.11. The van der Waals surface area contributed by atoms with Crippen molar-refractivity contribution in [2.24, 2.45) is 14.1 Å². The number of imidazole rings is 1. The fraction of sp³-hybridized carbons (Fsp3) is 0.130. The zero-order chi connectivity index (χ0) is 18.5. The minimum atomic E-state index is 0.906. The van der Waals surface area contributed by atoms with Crippen molar-refractivity contribution in [3.8, 4) is 22.6 Å². The molecule has 0 radical (unpaired) electrons. The first-order valence-corrected chi connectivity index (χ1v) is 9.02. The zero-order valence-corrected chi connectivity index (χ0v) is 15.6. The van der Waals surface area contributed by atoms with Crippen molar-refractivity contribution in [2.45, 2.75) is 6.92 Å². The Labute approximate surface area is 157 Å². The van der Waals surface area contributed by atoms with E-state index in [9.17, 15) is 0 Å². The summed E-state index contributed by atoms with van der Waals surface area (Å²) in [6.07, 6.45) is 5.89. The molecule has 0 aliphatic rings. The predicted molar refractivity (Wildman–Crippen MR) is 107 cm³/mol. The van der Waals surface area contributed by atoms with E-state index < -0.39 is 0 Å². The topological polar surface area (TPSA) is 34.8 Å². The van der Waals surface area contributed by atoms with Crippen LogP contribution < -0.4 is 4.57 Å². The highest BCUT2D eigenvalue weighted by molar-refractivity contribution is 6.11. The second-order valence-electron chi connectivity index (χ2n) is 6.96. The summed E-state index contributed by atoms with van der Waals surface area (Å²) in [5.74, 6) is 0.958. The summed E-state index contributed by atoms with van der Waals surface area (Å²) < 4.78 is 10.5. The summed E-state index contributed by atoms with van der Waals surface area (Å²) in [6.45, 7) is 2.15. The molecule has 5 aromatic rings. The molecule has 0 atom stereocenters. The maximum atomic E-state index is 6.34. The Morgan fingerprint density at radius 3 is 2.63 bits per heavy atom. The monoisotopic (exact) mass is 354 g/mol. The summed E-state index contributed by atoms with van der Waals surface area (Å²) in [7, 11) is 4.10. The fourth-order valence-corrected chi connectivity index (χ4v) is 3.90. The maximum Gasteiger partial charge on any atom is 0.216 e. The van der Waals surface area contributed by atoms with Crippen molar-refractivity contribution in [3.63, 3.8) is 0 Å². The van der Waals surface area contributed by atoms with Crippen molar-refractivity contribution in [1.82, 2.24) is 9.55 Å². The van der Waals surface area contributed by atoms with Gasteiger partial charge in [0.25, 0.3) is 0 Å². The number of nitrogens with zero attached hydrogens (tertiary/aromatic N) is 3. The molecule has 3 heterocycles. The van der Waals surface area contributed by atoms with Gasteiger partial charge in [-0.05, 0) is 30.7 Å². The van der Waals surface area contributed by atoms with E-state index in [0.717, 1.165) is 50.1 Å². The largest absolute Gasteiger partial charge is 0.455 e. The van der Waals surface area contributed by atoms with Gasteiger partial charge in [-0.25, -0.2) is 9.55 Å².